The predicted octanol–water partition coefficient (Wildman–Crippen LogP) is 3.28. The summed E-state index contributed by atoms with van der Waals surface area (Å²) in [6.07, 6.45) is 6.92. The lowest BCUT2D eigenvalue weighted by Crippen LogP contribution is -2.34. The molecule has 1 aliphatic heterocycles. The average molecular weight is 409 g/mol. The molecule has 0 unspecified atom stereocenters. The van der Waals surface area contributed by atoms with Gasteiger partial charge in [-0.05, 0) is 30.5 Å². The lowest BCUT2D eigenvalue weighted by atomic mass is 9.92. The Kier molecular flexibility index (Phi) is 5.47. The summed E-state index contributed by atoms with van der Waals surface area (Å²) in [7, 11) is 1.96. The number of hydrogen-bond acceptors (Lipinski definition) is 6. The number of aryl methyl sites for hydroxylation is 1. The Bertz CT molecular complexity index is 1070. The van der Waals surface area contributed by atoms with E-state index in [1.807, 2.05) is 17.7 Å². The van der Waals surface area contributed by atoms with Gasteiger partial charge in [0.25, 0.3) is 0 Å². The fourth-order valence-electron chi connectivity index (χ4n) is 4.05. The molecule has 8 heteroatoms. The third-order valence-electron chi connectivity index (χ3n) is 5.53. The summed E-state index contributed by atoms with van der Waals surface area (Å²) in [5.41, 5.74) is 3.70. The summed E-state index contributed by atoms with van der Waals surface area (Å²) in [5, 5.41) is 28.3. The summed E-state index contributed by atoms with van der Waals surface area (Å²) in [6, 6.07) is 7.71. The number of rotatable bonds is 4. The van der Waals surface area contributed by atoms with Crippen LogP contribution in [-0.4, -0.2) is 37.9 Å². The number of nitrogens with zero attached hydrogens (tertiary/aromatic N) is 6. The second-order valence-corrected chi connectivity index (χ2v) is 7.59. The summed E-state index contributed by atoms with van der Waals surface area (Å²) in [4.78, 5) is 6.43. The molecule has 4 rings (SSSR count). The van der Waals surface area contributed by atoms with Crippen LogP contribution in [-0.2, 0) is 13.7 Å². The van der Waals surface area contributed by atoms with Crippen molar-refractivity contribution in [3.63, 3.8) is 0 Å². The molecular weight excluding hydrogens is 388 g/mol. The minimum absolute atomic E-state index is 0.101. The number of benzene rings is 1. The Morgan fingerprint density at radius 2 is 2.03 bits per heavy atom. The molecule has 2 aromatic heterocycles. The number of aromatic nitrogens is 4. The molecule has 0 radical (unpaired) electrons. The fraction of sp³-hybridized carbons (Fsp3) is 0.333. The highest BCUT2D eigenvalue weighted by molar-refractivity contribution is 6.32. The first-order valence-corrected chi connectivity index (χ1v) is 9.87. The quantitative estimate of drug-likeness (QED) is 0.712. The highest BCUT2D eigenvalue weighted by Crippen LogP contribution is 2.41. The largest absolute Gasteiger partial charge is 0.392 e. The third-order valence-corrected chi connectivity index (χ3v) is 5.85. The molecule has 3 heterocycles. The van der Waals surface area contributed by atoms with E-state index >= 15 is 0 Å². The summed E-state index contributed by atoms with van der Waals surface area (Å²) in [6.45, 7) is 1.44. The standard InChI is InChI=1S/C21H21ClN6O/c1-27-13-25-26-21(27)14-5-8-28(9-6-14)20-16(2-3-19(22)17(20)10-23)18-11-24-7-4-15(18)12-29/h2-4,7,11,13-14,29H,5-6,8-9,12H2,1H3. The van der Waals surface area contributed by atoms with Gasteiger partial charge in [0, 0.05) is 49.6 Å². The monoisotopic (exact) mass is 408 g/mol. The van der Waals surface area contributed by atoms with Crippen LogP contribution in [0.15, 0.2) is 36.9 Å². The molecule has 0 aliphatic carbocycles. The van der Waals surface area contributed by atoms with Gasteiger partial charge in [0.05, 0.1) is 22.9 Å². The van der Waals surface area contributed by atoms with E-state index in [1.54, 1.807) is 30.9 Å². The molecule has 0 atom stereocenters. The molecule has 7 nitrogen and oxygen atoms in total. The Labute approximate surface area is 174 Å². The van der Waals surface area contributed by atoms with E-state index < -0.39 is 0 Å². The van der Waals surface area contributed by atoms with Crippen LogP contribution in [0.25, 0.3) is 11.1 Å². The van der Waals surface area contributed by atoms with Gasteiger partial charge in [0.15, 0.2) is 0 Å². The zero-order chi connectivity index (χ0) is 20.4. The van der Waals surface area contributed by atoms with Gasteiger partial charge in [-0.15, -0.1) is 10.2 Å². The molecule has 1 saturated heterocycles. The van der Waals surface area contributed by atoms with Crippen molar-refractivity contribution < 1.29 is 5.11 Å². The van der Waals surface area contributed by atoms with E-state index in [2.05, 4.69) is 26.2 Å². The maximum Gasteiger partial charge on any atom is 0.135 e. The first-order valence-electron chi connectivity index (χ1n) is 9.49. The van der Waals surface area contributed by atoms with Crippen molar-refractivity contribution in [2.75, 3.05) is 18.0 Å². The van der Waals surface area contributed by atoms with Crippen molar-refractivity contribution in [3.8, 4) is 17.2 Å². The van der Waals surface area contributed by atoms with Gasteiger partial charge < -0.3 is 14.6 Å². The molecule has 1 aromatic carbocycles. The van der Waals surface area contributed by atoms with Crippen LogP contribution < -0.4 is 4.90 Å². The molecule has 0 amide bonds. The number of piperidine rings is 1. The molecule has 0 bridgehead atoms. The number of aliphatic hydroxyl groups excluding tert-OH is 1. The van der Waals surface area contributed by atoms with Gasteiger partial charge in [0.2, 0.25) is 0 Å². The topological polar surface area (TPSA) is 90.9 Å². The van der Waals surface area contributed by atoms with E-state index in [0.29, 0.717) is 16.5 Å². The number of halogens is 1. The Hall–Kier alpha value is -2.95. The minimum Gasteiger partial charge on any atom is -0.392 e. The van der Waals surface area contributed by atoms with Gasteiger partial charge in [-0.1, -0.05) is 17.7 Å². The van der Waals surface area contributed by atoms with Crippen molar-refractivity contribution in [3.05, 3.63) is 58.9 Å². The fourth-order valence-corrected chi connectivity index (χ4v) is 4.24. The minimum atomic E-state index is -0.101. The molecule has 0 saturated carbocycles. The Morgan fingerprint density at radius 3 is 2.69 bits per heavy atom. The maximum absolute atomic E-state index is 9.82. The number of nitriles is 1. The first kappa shape index (κ1) is 19.4. The van der Waals surface area contributed by atoms with Gasteiger partial charge in [-0.2, -0.15) is 5.26 Å². The zero-order valence-corrected chi connectivity index (χ0v) is 16.8. The molecule has 0 spiro atoms. The van der Waals surface area contributed by atoms with Crippen LogP contribution in [0.1, 0.15) is 35.7 Å². The lowest BCUT2D eigenvalue weighted by molar-refractivity contribution is 0.282. The van der Waals surface area contributed by atoms with Crippen molar-refractivity contribution >= 4 is 17.3 Å². The summed E-state index contributed by atoms with van der Waals surface area (Å²) >= 11 is 6.38. The summed E-state index contributed by atoms with van der Waals surface area (Å²) in [5.74, 6) is 1.32. The van der Waals surface area contributed by atoms with E-state index in [9.17, 15) is 10.4 Å². The van der Waals surface area contributed by atoms with Crippen molar-refractivity contribution in [2.24, 2.45) is 7.05 Å². The van der Waals surface area contributed by atoms with E-state index in [4.69, 9.17) is 11.6 Å². The molecule has 29 heavy (non-hydrogen) atoms. The van der Waals surface area contributed by atoms with E-state index in [-0.39, 0.29) is 6.61 Å². The predicted molar refractivity (Wildman–Crippen MR) is 111 cm³/mol. The van der Waals surface area contributed by atoms with Crippen LogP contribution in [0.2, 0.25) is 5.02 Å². The smallest absolute Gasteiger partial charge is 0.135 e. The number of aliphatic hydroxyl groups is 1. The SMILES string of the molecule is Cn1cnnc1C1CCN(c2c(-c3cnccc3CO)ccc(Cl)c2C#N)CC1. The van der Waals surface area contributed by atoms with Crippen LogP contribution in [0.4, 0.5) is 5.69 Å². The third kappa shape index (κ3) is 3.57. The second kappa shape index (κ2) is 8.19. The van der Waals surface area contributed by atoms with Gasteiger partial charge >= 0.3 is 0 Å². The molecule has 3 aromatic rings. The molecular formula is C21H21ClN6O. The van der Waals surface area contributed by atoms with Crippen LogP contribution in [0.5, 0.6) is 0 Å². The van der Waals surface area contributed by atoms with Crippen LogP contribution in [0, 0.1) is 11.3 Å². The highest BCUT2D eigenvalue weighted by Gasteiger charge is 2.28. The summed E-state index contributed by atoms with van der Waals surface area (Å²) < 4.78 is 1.97. The molecule has 1 N–H and O–H groups in total. The first-order chi connectivity index (χ1) is 14.1. The van der Waals surface area contributed by atoms with Gasteiger partial charge in [-0.25, -0.2) is 0 Å². The van der Waals surface area contributed by atoms with Crippen LogP contribution in [0.3, 0.4) is 0 Å². The van der Waals surface area contributed by atoms with Gasteiger partial charge in [0.1, 0.15) is 18.2 Å². The highest BCUT2D eigenvalue weighted by atomic mass is 35.5. The van der Waals surface area contributed by atoms with E-state index in [1.165, 1.54) is 0 Å². The molecule has 1 fully saturated rings. The number of anilines is 1. The molecule has 148 valence electrons. The van der Waals surface area contributed by atoms with E-state index in [0.717, 1.165) is 54.1 Å². The Balaban J connectivity index is 1.73. The second-order valence-electron chi connectivity index (χ2n) is 7.18. The maximum atomic E-state index is 9.82. The van der Waals surface area contributed by atoms with Gasteiger partial charge in [-0.3, -0.25) is 4.98 Å². The number of hydrogen-bond donors (Lipinski definition) is 1. The average Bonchev–Trinajstić information content (AvgIpc) is 3.19. The van der Waals surface area contributed by atoms with Crippen molar-refractivity contribution in [1.29, 1.82) is 5.26 Å². The van der Waals surface area contributed by atoms with Crippen LogP contribution >= 0.6 is 11.6 Å². The Morgan fingerprint density at radius 1 is 1.24 bits per heavy atom. The normalized spacial score (nSPS) is 14.8. The zero-order valence-electron chi connectivity index (χ0n) is 16.1. The lowest BCUT2D eigenvalue weighted by Gasteiger charge is -2.35. The number of pyridine rings is 1. The molecule has 1 aliphatic rings. The van der Waals surface area contributed by atoms with Crippen molar-refractivity contribution in [1.82, 2.24) is 19.7 Å². The van der Waals surface area contributed by atoms with Crippen molar-refractivity contribution in [2.45, 2.75) is 25.4 Å².